The van der Waals surface area contributed by atoms with E-state index in [1.165, 1.54) is 35.6 Å². The maximum absolute atomic E-state index is 12.8. The highest BCUT2D eigenvalue weighted by atomic mass is 32.1. The van der Waals surface area contributed by atoms with Crippen LogP contribution in [0.1, 0.15) is 10.4 Å². The molecule has 0 saturated heterocycles. The molecule has 3 aromatic rings. The number of guanidine groups is 1. The average molecular weight is 315 g/mol. The minimum absolute atomic E-state index is 0.0633. The zero-order valence-electron chi connectivity index (χ0n) is 11.3. The van der Waals surface area contributed by atoms with Crippen molar-refractivity contribution in [1.82, 2.24) is 10.3 Å². The van der Waals surface area contributed by atoms with E-state index in [1.807, 2.05) is 24.3 Å². The van der Waals surface area contributed by atoms with Crippen LogP contribution >= 0.6 is 11.3 Å². The lowest BCUT2D eigenvalue weighted by atomic mass is 10.2. The molecule has 0 atom stereocenters. The third kappa shape index (κ3) is 3.09. The molecule has 22 heavy (non-hydrogen) atoms. The largest absolute Gasteiger partial charge is 0.312 e. The third-order valence-corrected chi connectivity index (χ3v) is 3.84. The van der Waals surface area contributed by atoms with Crippen molar-refractivity contribution in [2.24, 2.45) is 5.73 Å². The maximum atomic E-state index is 12.8. The zero-order chi connectivity index (χ0) is 15.5. The van der Waals surface area contributed by atoms with Gasteiger partial charge in [0.2, 0.25) is 0 Å². The molecule has 0 saturated carbocycles. The molecule has 4 N–H and O–H groups in total. The summed E-state index contributed by atoms with van der Waals surface area (Å²) in [5.41, 5.74) is 6.93. The number of thiazole rings is 1. The van der Waals surface area contributed by atoms with Crippen LogP contribution in [0, 0.1) is 5.82 Å². The Morgan fingerprint density at radius 1 is 1.18 bits per heavy atom. The number of carbonyl (C=O) groups is 1. The Balaban J connectivity index is 1.76. The monoisotopic (exact) mass is 315 g/mol. The van der Waals surface area contributed by atoms with E-state index < -0.39 is 11.7 Å². The lowest BCUT2D eigenvalue weighted by Crippen LogP contribution is -2.74. The second-order valence-electron chi connectivity index (χ2n) is 4.49. The number of carbonyl (C=O) groups excluding carboxylic acids is 1. The molecule has 7 heteroatoms. The Hall–Kier alpha value is -2.80. The van der Waals surface area contributed by atoms with Gasteiger partial charge in [-0.3, -0.25) is 4.79 Å². The van der Waals surface area contributed by atoms with Crippen molar-refractivity contribution in [2.45, 2.75) is 0 Å². The van der Waals surface area contributed by atoms with Crippen molar-refractivity contribution in [3.05, 3.63) is 59.9 Å². The molecule has 0 spiro atoms. The summed E-state index contributed by atoms with van der Waals surface area (Å²) in [4.78, 5) is 19.1. The summed E-state index contributed by atoms with van der Waals surface area (Å²) in [7, 11) is 0. The number of hydrogen-bond donors (Lipinski definition) is 3. The number of nitrogens with two attached hydrogens (primary N) is 1. The molecule has 110 valence electrons. The fourth-order valence-corrected chi connectivity index (χ4v) is 2.75. The lowest BCUT2D eigenvalue weighted by molar-refractivity contribution is -0.356. The van der Waals surface area contributed by atoms with Gasteiger partial charge in [0, 0.05) is 0 Å². The second-order valence-corrected chi connectivity index (χ2v) is 5.52. The fourth-order valence-electron chi connectivity index (χ4n) is 1.87. The van der Waals surface area contributed by atoms with Crippen molar-refractivity contribution in [1.29, 1.82) is 0 Å². The first kappa shape index (κ1) is 14.2. The highest BCUT2D eigenvalue weighted by Crippen LogP contribution is 2.21. The fraction of sp³-hybridized carbons (Fsp3) is 0. The normalized spacial score (nSPS) is 11.6. The first-order chi connectivity index (χ1) is 10.6. The number of rotatable bonds is 2. The zero-order valence-corrected chi connectivity index (χ0v) is 12.2. The van der Waals surface area contributed by atoms with Crippen LogP contribution in [0.4, 0.5) is 9.52 Å². The van der Waals surface area contributed by atoms with Crippen molar-refractivity contribution in [2.75, 3.05) is 0 Å². The number of hydrogen-bond acceptors (Lipinski definition) is 3. The highest BCUT2D eigenvalue weighted by molar-refractivity contribution is 7.21. The van der Waals surface area contributed by atoms with E-state index in [0.717, 1.165) is 10.2 Å². The van der Waals surface area contributed by atoms with Gasteiger partial charge in [0.15, 0.2) is 0 Å². The quantitative estimate of drug-likeness (QED) is 0.485. The van der Waals surface area contributed by atoms with E-state index in [1.54, 1.807) is 0 Å². The number of amides is 1. The Morgan fingerprint density at radius 3 is 2.64 bits per heavy atom. The molecule has 0 bridgehead atoms. The molecule has 5 nitrogen and oxygen atoms in total. The van der Waals surface area contributed by atoms with Gasteiger partial charge in [-0.1, -0.05) is 23.5 Å². The summed E-state index contributed by atoms with van der Waals surface area (Å²) >= 11 is 1.43. The van der Waals surface area contributed by atoms with Crippen LogP contribution < -0.4 is 16.0 Å². The number of halogens is 1. The van der Waals surface area contributed by atoms with E-state index in [-0.39, 0.29) is 5.96 Å². The number of fused-ring (bicyclic) bond motifs is 1. The van der Waals surface area contributed by atoms with Gasteiger partial charge in [-0.2, -0.15) is 0 Å². The molecule has 1 amide bonds. The summed E-state index contributed by atoms with van der Waals surface area (Å²) in [5.74, 6) is -0.763. The molecular formula is C15H12FN4OS+. The Labute approximate surface area is 129 Å². The molecule has 3 rings (SSSR count). The topological polar surface area (TPSA) is 82.0 Å². The summed E-state index contributed by atoms with van der Waals surface area (Å²) in [6, 6.07) is 12.9. The van der Waals surface area contributed by atoms with E-state index >= 15 is 0 Å². The summed E-state index contributed by atoms with van der Waals surface area (Å²) < 4.78 is 13.8. The molecule has 1 aromatic heterocycles. The summed E-state index contributed by atoms with van der Waals surface area (Å²) in [6.45, 7) is 0. The van der Waals surface area contributed by atoms with Crippen LogP contribution in [0.5, 0.6) is 0 Å². The Morgan fingerprint density at radius 2 is 1.91 bits per heavy atom. The van der Waals surface area contributed by atoms with Crippen LogP contribution in [0.15, 0.2) is 48.5 Å². The average Bonchev–Trinajstić information content (AvgIpc) is 2.89. The smallest absolute Gasteiger partial charge is 0.310 e. The molecule has 0 aliphatic carbocycles. The molecule has 0 aliphatic rings. The van der Waals surface area contributed by atoms with Gasteiger partial charge >= 0.3 is 5.96 Å². The molecular weight excluding hydrogens is 303 g/mol. The van der Waals surface area contributed by atoms with Gasteiger partial charge in [0.05, 0.1) is 10.3 Å². The van der Waals surface area contributed by atoms with Crippen LogP contribution in [0.25, 0.3) is 10.2 Å². The predicted molar refractivity (Wildman–Crippen MR) is 83.3 cm³/mol. The van der Waals surface area contributed by atoms with Gasteiger partial charge in [-0.15, -0.1) is 4.98 Å². The van der Waals surface area contributed by atoms with Crippen LogP contribution in [-0.2, 0) is 0 Å². The molecule has 0 aliphatic heterocycles. The van der Waals surface area contributed by atoms with Crippen molar-refractivity contribution in [3.8, 4) is 0 Å². The van der Waals surface area contributed by atoms with Crippen molar-refractivity contribution >= 4 is 38.6 Å². The molecule has 0 radical (unpaired) electrons. The van der Waals surface area contributed by atoms with Crippen LogP contribution in [0.3, 0.4) is 0 Å². The van der Waals surface area contributed by atoms with Gasteiger partial charge in [0.25, 0.3) is 11.0 Å². The number of nitrogens with one attached hydrogen (secondary N) is 2. The number of nitrogens with zero attached hydrogens (tertiary/aromatic N) is 1. The first-order valence-electron chi connectivity index (χ1n) is 6.44. The van der Waals surface area contributed by atoms with Gasteiger partial charge < -0.3 is 5.73 Å². The van der Waals surface area contributed by atoms with Crippen molar-refractivity contribution in [3.63, 3.8) is 0 Å². The summed E-state index contributed by atoms with van der Waals surface area (Å²) in [5, 5.41) is 3.08. The van der Waals surface area contributed by atoms with Crippen LogP contribution in [-0.4, -0.2) is 16.9 Å². The molecule has 1 heterocycles. The number of benzene rings is 2. The maximum Gasteiger partial charge on any atom is 0.312 e. The first-order valence-corrected chi connectivity index (χ1v) is 7.25. The Kier molecular flexibility index (Phi) is 3.80. The van der Waals surface area contributed by atoms with E-state index in [4.69, 9.17) is 5.73 Å². The number of para-hydroxylation sites is 1. The van der Waals surface area contributed by atoms with E-state index in [2.05, 4.69) is 15.3 Å². The molecule has 0 fully saturated rings. The third-order valence-electron chi connectivity index (χ3n) is 2.89. The van der Waals surface area contributed by atoms with Gasteiger partial charge in [0.1, 0.15) is 11.3 Å². The van der Waals surface area contributed by atoms with Gasteiger partial charge in [-0.05, 0) is 36.4 Å². The standard InChI is InChI=1S/C15H11FN4OS/c16-10-7-5-9(6-8-10)13(21)19-14(17)20-15-18-11-3-1-2-4-12(11)22-15/h1-8H,(H3,17,18,19,20,21)/p+1. The van der Waals surface area contributed by atoms with Gasteiger partial charge in [-0.25, -0.2) is 14.7 Å². The lowest BCUT2D eigenvalue weighted by Gasteiger charge is -1.99. The van der Waals surface area contributed by atoms with E-state index in [0.29, 0.717) is 10.7 Å². The summed E-state index contributed by atoms with van der Waals surface area (Å²) in [6.07, 6.45) is 0. The Bertz CT molecular complexity index is 824. The molecule has 0 unspecified atom stereocenters. The van der Waals surface area contributed by atoms with Crippen LogP contribution in [0.2, 0.25) is 0 Å². The van der Waals surface area contributed by atoms with Crippen molar-refractivity contribution < 1.29 is 14.2 Å². The van der Waals surface area contributed by atoms with E-state index in [9.17, 15) is 9.18 Å². The number of aromatic nitrogens is 1. The predicted octanol–water partition coefficient (Wildman–Crippen LogP) is 0.892. The second kappa shape index (κ2) is 5.90. The minimum atomic E-state index is -0.425. The minimum Gasteiger partial charge on any atom is -0.310 e. The molecule has 2 aromatic carbocycles. The SMILES string of the molecule is NC(NC(=O)c1ccc(F)cc1)=[NH+]c1nc2ccccc2s1. The highest BCUT2D eigenvalue weighted by Gasteiger charge is 2.12.